The molecule has 0 unspecified atom stereocenters. The number of carbonyl (C=O) groups excluding carboxylic acids is 1. The normalized spacial score (nSPS) is 13.7. The lowest BCUT2D eigenvalue weighted by atomic mass is 10.1. The highest BCUT2D eigenvalue weighted by Crippen LogP contribution is 2.27. The highest BCUT2D eigenvalue weighted by atomic mass is 19.1. The highest BCUT2D eigenvalue weighted by molar-refractivity contribution is 5.99. The number of benzene rings is 1. The summed E-state index contributed by atoms with van der Waals surface area (Å²) in [6.07, 6.45) is 1.58. The second-order valence-electron chi connectivity index (χ2n) is 7.72. The zero-order chi connectivity index (χ0) is 23.1. The van der Waals surface area contributed by atoms with Gasteiger partial charge in [-0.05, 0) is 30.3 Å². The first kappa shape index (κ1) is 20.4. The minimum atomic E-state index is -0.597. The largest absolute Gasteiger partial charge is 0.350 e. The van der Waals surface area contributed by atoms with Crippen LogP contribution in [-0.4, -0.2) is 50.5 Å². The number of nitrogens with one attached hydrogen (secondary N) is 1. The lowest BCUT2D eigenvalue weighted by Crippen LogP contribution is -2.32. The van der Waals surface area contributed by atoms with Gasteiger partial charge in [0.1, 0.15) is 23.5 Å². The molecule has 0 spiro atoms. The van der Waals surface area contributed by atoms with Crippen molar-refractivity contribution in [2.45, 2.75) is 6.54 Å². The smallest absolute Gasteiger partial charge is 0.333 e. The fraction of sp³-hybridized carbons (Fsp3) is 0.174. The molecule has 1 aromatic carbocycles. The molecule has 0 atom stereocenters. The van der Waals surface area contributed by atoms with Crippen LogP contribution in [0.5, 0.6) is 0 Å². The van der Waals surface area contributed by atoms with E-state index in [2.05, 4.69) is 15.0 Å². The third-order valence-corrected chi connectivity index (χ3v) is 5.69. The van der Waals surface area contributed by atoms with Crippen LogP contribution in [0.2, 0.25) is 0 Å². The number of carbonyl (C=O) groups is 1. The highest BCUT2D eigenvalue weighted by Gasteiger charge is 2.27. The fourth-order valence-electron chi connectivity index (χ4n) is 3.97. The molecule has 1 N–H and O–H groups in total. The summed E-state index contributed by atoms with van der Waals surface area (Å²) < 4.78 is 16.2. The summed E-state index contributed by atoms with van der Waals surface area (Å²) in [5, 5.41) is 9.17. The Labute approximate surface area is 187 Å². The summed E-state index contributed by atoms with van der Waals surface area (Å²) in [7, 11) is 1.69. The van der Waals surface area contributed by atoms with E-state index in [0.29, 0.717) is 47.0 Å². The number of hydrogen-bond acceptors (Lipinski definition) is 6. The molecular weight excluding hydrogens is 425 g/mol. The number of aromatic nitrogens is 4. The van der Waals surface area contributed by atoms with Gasteiger partial charge in [-0.25, -0.2) is 23.7 Å². The summed E-state index contributed by atoms with van der Waals surface area (Å²) in [5.41, 5.74) is 1.18. The Morgan fingerprint density at radius 3 is 2.82 bits per heavy atom. The molecule has 3 aromatic heterocycles. The van der Waals surface area contributed by atoms with Gasteiger partial charge >= 0.3 is 5.69 Å². The molecule has 4 aromatic rings. The topological polar surface area (TPSA) is 111 Å². The van der Waals surface area contributed by atoms with Crippen molar-refractivity contribution in [1.82, 2.24) is 24.4 Å². The molecule has 0 saturated carbocycles. The molecular formula is C23H18FN7O2. The maximum atomic E-state index is 14.8. The second-order valence-corrected chi connectivity index (χ2v) is 7.72. The van der Waals surface area contributed by atoms with Crippen LogP contribution in [0.4, 0.5) is 10.2 Å². The molecule has 33 heavy (non-hydrogen) atoms. The summed E-state index contributed by atoms with van der Waals surface area (Å²) in [6.45, 7) is 0.906. The van der Waals surface area contributed by atoms with Gasteiger partial charge in [-0.2, -0.15) is 5.26 Å². The van der Waals surface area contributed by atoms with Gasteiger partial charge in [-0.15, -0.1) is 0 Å². The zero-order valence-corrected chi connectivity index (χ0v) is 17.6. The number of halogens is 1. The van der Waals surface area contributed by atoms with Gasteiger partial charge in [0.25, 0.3) is 5.91 Å². The lowest BCUT2D eigenvalue weighted by Gasteiger charge is -2.24. The van der Waals surface area contributed by atoms with Crippen LogP contribution in [0.1, 0.15) is 21.5 Å². The molecule has 1 aliphatic rings. The number of amides is 1. The number of imidazole rings is 1. The molecule has 0 saturated heterocycles. The van der Waals surface area contributed by atoms with Gasteiger partial charge in [0.05, 0.1) is 16.6 Å². The third-order valence-electron chi connectivity index (χ3n) is 5.69. The average molecular weight is 443 g/mol. The van der Waals surface area contributed by atoms with E-state index in [-0.39, 0.29) is 18.0 Å². The van der Waals surface area contributed by atoms with Crippen LogP contribution in [-0.2, 0) is 6.54 Å². The van der Waals surface area contributed by atoms with E-state index < -0.39 is 11.5 Å². The first-order valence-electron chi connectivity index (χ1n) is 10.2. The number of fused-ring (bicyclic) bond motifs is 2. The number of anilines is 1. The average Bonchev–Trinajstić information content (AvgIpc) is 3.11. The minimum absolute atomic E-state index is 0.0460. The van der Waals surface area contributed by atoms with Gasteiger partial charge in [0.15, 0.2) is 5.65 Å². The Balaban J connectivity index is 1.65. The SMILES string of the molecule is CN1CCN(Cc2cccc(C#N)c2F)c2nc(-n3c(=O)[nH]c4ncccc43)ccc2C1=O. The van der Waals surface area contributed by atoms with E-state index in [1.54, 1.807) is 59.4 Å². The van der Waals surface area contributed by atoms with Crippen molar-refractivity contribution in [3.63, 3.8) is 0 Å². The minimum Gasteiger partial charge on any atom is -0.350 e. The van der Waals surface area contributed by atoms with Crippen LogP contribution in [0.25, 0.3) is 17.0 Å². The molecule has 0 radical (unpaired) electrons. The van der Waals surface area contributed by atoms with Gasteiger partial charge in [-0.1, -0.05) is 12.1 Å². The van der Waals surface area contributed by atoms with Crippen LogP contribution in [0.3, 0.4) is 0 Å². The summed E-state index contributed by atoms with van der Waals surface area (Å²) >= 11 is 0. The number of rotatable bonds is 3. The molecule has 1 amide bonds. The van der Waals surface area contributed by atoms with Gasteiger partial charge in [-0.3, -0.25) is 9.78 Å². The predicted molar refractivity (Wildman–Crippen MR) is 119 cm³/mol. The Morgan fingerprint density at radius 2 is 2.00 bits per heavy atom. The monoisotopic (exact) mass is 443 g/mol. The quantitative estimate of drug-likeness (QED) is 0.520. The van der Waals surface area contributed by atoms with Gasteiger partial charge in [0.2, 0.25) is 0 Å². The van der Waals surface area contributed by atoms with Crippen LogP contribution < -0.4 is 10.6 Å². The number of H-pyrrole nitrogens is 1. The molecule has 0 fully saturated rings. The molecule has 1 aliphatic heterocycles. The number of pyridine rings is 2. The third kappa shape index (κ3) is 3.40. The Kier molecular flexibility index (Phi) is 4.86. The summed E-state index contributed by atoms with van der Waals surface area (Å²) in [6, 6.07) is 13.2. The van der Waals surface area contributed by atoms with Crippen molar-refractivity contribution in [2.75, 3.05) is 25.0 Å². The van der Waals surface area contributed by atoms with Crippen molar-refractivity contribution in [3.8, 4) is 11.9 Å². The predicted octanol–water partition coefficient (Wildman–Crippen LogP) is 2.21. The fourth-order valence-corrected chi connectivity index (χ4v) is 3.97. The van der Waals surface area contributed by atoms with E-state index in [9.17, 15) is 14.0 Å². The van der Waals surface area contributed by atoms with E-state index in [0.717, 1.165) is 0 Å². The Bertz CT molecular complexity index is 1500. The van der Waals surface area contributed by atoms with E-state index in [1.165, 1.54) is 10.6 Å². The zero-order valence-electron chi connectivity index (χ0n) is 17.6. The van der Waals surface area contributed by atoms with E-state index >= 15 is 0 Å². The molecule has 0 bridgehead atoms. The van der Waals surface area contributed by atoms with Crippen LogP contribution in [0.15, 0.2) is 53.5 Å². The maximum Gasteiger partial charge on any atom is 0.333 e. The second kappa shape index (κ2) is 7.87. The first-order chi connectivity index (χ1) is 16.0. The summed E-state index contributed by atoms with van der Waals surface area (Å²) in [5.74, 6) is -0.161. The number of hydrogen-bond donors (Lipinski definition) is 1. The van der Waals surface area contributed by atoms with E-state index in [1.807, 2.05) is 6.07 Å². The van der Waals surface area contributed by atoms with Crippen LogP contribution in [0, 0.1) is 17.1 Å². The Hall–Kier alpha value is -4.52. The molecule has 4 heterocycles. The molecule has 10 heteroatoms. The number of nitriles is 1. The van der Waals surface area contributed by atoms with Crippen molar-refractivity contribution in [2.24, 2.45) is 0 Å². The van der Waals surface area contributed by atoms with Gasteiger partial charge in [0, 0.05) is 38.4 Å². The van der Waals surface area contributed by atoms with Crippen LogP contribution >= 0.6 is 0 Å². The van der Waals surface area contributed by atoms with E-state index in [4.69, 9.17) is 5.26 Å². The molecule has 164 valence electrons. The summed E-state index contributed by atoms with van der Waals surface area (Å²) in [4.78, 5) is 40.5. The maximum absolute atomic E-state index is 14.8. The Morgan fingerprint density at radius 1 is 1.15 bits per heavy atom. The van der Waals surface area contributed by atoms with Crippen molar-refractivity contribution in [3.05, 3.63) is 81.7 Å². The van der Waals surface area contributed by atoms with Crippen molar-refractivity contribution in [1.29, 1.82) is 5.26 Å². The molecule has 5 rings (SSSR count). The molecule has 9 nitrogen and oxygen atoms in total. The van der Waals surface area contributed by atoms with Gasteiger partial charge < -0.3 is 9.80 Å². The molecule has 0 aliphatic carbocycles. The van der Waals surface area contributed by atoms with Crippen molar-refractivity contribution >= 4 is 22.9 Å². The number of likely N-dealkylation sites (N-methyl/N-ethyl adjacent to an activating group) is 1. The number of nitrogens with zero attached hydrogens (tertiary/aromatic N) is 6. The lowest BCUT2D eigenvalue weighted by molar-refractivity contribution is 0.0804. The number of aromatic amines is 1. The van der Waals surface area contributed by atoms with Crippen molar-refractivity contribution < 1.29 is 9.18 Å². The first-order valence-corrected chi connectivity index (χ1v) is 10.2. The standard InChI is InChI=1S/C23H18FN7O2/c1-29-10-11-30(13-15-5-2-4-14(12-25)19(15)24)21-16(22(29)32)7-8-18(27-21)31-17-6-3-9-26-20(17)28-23(31)33/h2-9H,10-11,13H2,1H3,(H,26,28,33).